The Morgan fingerprint density at radius 2 is 2.04 bits per heavy atom. The third-order valence-electron chi connectivity index (χ3n) is 3.91. The minimum Gasteiger partial charge on any atom is -0.493 e. The molecule has 2 aliphatic rings. The number of rotatable bonds is 6. The molecule has 2 amide bonds. The number of hydrogen-bond donors (Lipinski definition) is 2. The Morgan fingerprint density at radius 3 is 2.68 bits per heavy atom. The van der Waals surface area contributed by atoms with Crippen LogP contribution in [0.2, 0.25) is 0 Å². The Morgan fingerprint density at radius 1 is 1.28 bits per heavy atom. The molecule has 25 heavy (non-hydrogen) atoms. The standard InChI is InChI=1S/C16H16N2O7/c1-23-10-5-8-7-25-16(22)12(8)13(14(10)24-2)17-9-6-11(20)18(3-4-19)15(9)21/h5-6,17,19H,3-4,7H2,1-2H3. The van der Waals surface area contributed by atoms with Gasteiger partial charge < -0.3 is 24.6 Å². The lowest BCUT2D eigenvalue weighted by Gasteiger charge is -2.18. The molecule has 1 aromatic carbocycles. The number of nitrogens with one attached hydrogen (secondary N) is 1. The van der Waals surface area contributed by atoms with Crippen LogP contribution < -0.4 is 14.8 Å². The monoisotopic (exact) mass is 348 g/mol. The molecule has 9 heteroatoms. The van der Waals surface area contributed by atoms with E-state index < -0.39 is 17.8 Å². The first-order valence-electron chi connectivity index (χ1n) is 7.42. The molecule has 0 aromatic heterocycles. The van der Waals surface area contributed by atoms with Crippen molar-refractivity contribution in [2.24, 2.45) is 0 Å². The van der Waals surface area contributed by atoms with E-state index in [0.29, 0.717) is 11.3 Å². The van der Waals surface area contributed by atoms with Crippen LogP contribution in [0.4, 0.5) is 5.69 Å². The third kappa shape index (κ3) is 2.68. The van der Waals surface area contributed by atoms with E-state index in [4.69, 9.17) is 19.3 Å². The number of imide groups is 1. The van der Waals surface area contributed by atoms with Crippen LogP contribution in [0.15, 0.2) is 17.8 Å². The van der Waals surface area contributed by atoms with Crippen molar-refractivity contribution in [2.45, 2.75) is 6.61 Å². The van der Waals surface area contributed by atoms with Crippen molar-refractivity contribution in [3.8, 4) is 11.5 Å². The quantitative estimate of drug-likeness (QED) is 0.547. The van der Waals surface area contributed by atoms with E-state index in [2.05, 4.69) is 5.32 Å². The minimum absolute atomic E-state index is 0.0353. The Labute approximate surface area is 142 Å². The molecule has 9 nitrogen and oxygen atoms in total. The Kier molecular flexibility index (Phi) is 4.32. The summed E-state index contributed by atoms with van der Waals surface area (Å²) < 4.78 is 15.6. The number of aliphatic hydroxyl groups is 1. The second-order valence-corrected chi connectivity index (χ2v) is 5.30. The molecule has 0 saturated carbocycles. The van der Waals surface area contributed by atoms with Gasteiger partial charge in [0, 0.05) is 11.6 Å². The predicted molar refractivity (Wildman–Crippen MR) is 84.2 cm³/mol. The van der Waals surface area contributed by atoms with Crippen LogP contribution in [-0.2, 0) is 20.9 Å². The Hall–Kier alpha value is -3.07. The predicted octanol–water partition coefficient (Wildman–Crippen LogP) is 0.0311. The number of ether oxygens (including phenoxy) is 3. The summed E-state index contributed by atoms with van der Waals surface area (Å²) in [6.45, 7) is -0.386. The van der Waals surface area contributed by atoms with Gasteiger partial charge in [0.25, 0.3) is 11.8 Å². The van der Waals surface area contributed by atoms with Crippen molar-refractivity contribution in [1.29, 1.82) is 0 Å². The van der Waals surface area contributed by atoms with Crippen LogP contribution >= 0.6 is 0 Å². The fraction of sp³-hybridized carbons (Fsp3) is 0.312. The highest BCUT2D eigenvalue weighted by atomic mass is 16.5. The number of β-amino-alcohol motifs (C(OH)–C–C–N with tert-alkyl or cyclic N) is 1. The maximum Gasteiger partial charge on any atom is 0.341 e. The molecule has 0 atom stereocenters. The minimum atomic E-state index is -0.607. The molecule has 0 bridgehead atoms. The van der Waals surface area contributed by atoms with E-state index in [1.165, 1.54) is 14.2 Å². The number of benzene rings is 1. The van der Waals surface area contributed by atoms with Crippen LogP contribution in [-0.4, -0.2) is 55.2 Å². The SMILES string of the molecule is COc1cc2c(c(NC3=CC(=O)N(CCO)C3=O)c1OC)C(=O)OC2. The van der Waals surface area contributed by atoms with E-state index in [9.17, 15) is 14.4 Å². The number of amides is 2. The second kappa shape index (κ2) is 6.44. The van der Waals surface area contributed by atoms with Crippen molar-refractivity contribution >= 4 is 23.5 Å². The molecule has 0 unspecified atom stereocenters. The van der Waals surface area contributed by atoms with Gasteiger partial charge in [-0.15, -0.1) is 0 Å². The van der Waals surface area contributed by atoms with Crippen LogP contribution in [0.1, 0.15) is 15.9 Å². The van der Waals surface area contributed by atoms with Crippen LogP contribution in [0.25, 0.3) is 0 Å². The van der Waals surface area contributed by atoms with Gasteiger partial charge in [-0.3, -0.25) is 14.5 Å². The first kappa shape index (κ1) is 16.8. The summed E-state index contributed by atoms with van der Waals surface area (Å²) >= 11 is 0. The normalized spacial score (nSPS) is 15.9. The van der Waals surface area contributed by atoms with E-state index in [0.717, 1.165) is 11.0 Å². The molecule has 0 radical (unpaired) electrons. The molecule has 132 valence electrons. The van der Waals surface area contributed by atoms with E-state index >= 15 is 0 Å². The third-order valence-corrected chi connectivity index (χ3v) is 3.91. The molecule has 3 rings (SSSR count). The van der Waals surface area contributed by atoms with E-state index in [1.807, 2.05) is 0 Å². The van der Waals surface area contributed by atoms with Crippen molar-refractivity contribution in [1.82, 2.24) is 4.90 Å². The molecule has 0 aliphatic carbocycles. The van der Waals surface area contributed by atoms with Gasteiger partial charge in [0.15, 0.2) is 11.5 Å². The number of carbonyl (C=O) groups excluding carboxylic acids is 3. The number of nitrogens with zero attached hydrogens (tertiary/aromatic N) is 1. The highest BCUT2D eigenvalue weighted by Gasteiger charge is 2.35. The average Bonchev–Trinajstić information content (AvgIpc) is 3.09. The summed E-state index contributed by atoms with van der Waals surface area (Å²) in [6, 6.07) is 1.62. The van der Waals surface area contributed by atoms with Crippen LogP contribution in [0.5, 0.6) is 11.5 Å². The van der Waals surface area contributed by atoms with Crippen LogP contribution in [0, 0.1) is 0 Å². The second-order valence-electron chi connectivity index (χ2n) is 5.30. The summed E-state index contributed by atoms with van der Waals surface area (Å²) in [5, 5.41) is 11.8. The lowest BCUT2D eigenvalue weighted by molar-refractivity contribution is -0.137. The van der Waals surface area contributed by atoms with Gasteiger partial charge in [-0.1, -0.05) is 0 Å². The molecule has 0 fully saturated rings. The summed E-state index contributed by atoms with van der Waals surface area (Å²) in [4.78, 5) is 37.2. The Balaban J connectivity index is 2.05. The molecular formula is C16H16N2O7. The fourth-order valence-corrected chi connectivity index (χ4v) is 2.77. The smallest absolute Gasteiger partial charge is 0.341 e. The lowest BCUT2D eigenvalue weighted by atomic mass is 10.1. The zero-order valence-corrected chi connectivity index (χ0v) is 13.6. The van der Waals surface area contributed by atoms with Gasteiger partial charge in [0.2, 0.25) is 0 Å². The van der Waals surface area contributed by atoms with Crippen molar-refractivity contribution in [3.63, 3.8) is 0 Å². The maximum absolute atomic E-state index is 12.3. The fourth-order valence-electron chi connectivity index (χ4n) is 2.77. The summed E-state index contributed by atoms with van der Waals surface area (Å²) in [7, 11) is 2.84. The molecule has 0 spiro atoms. The summed E-state index contributed by atoms with van der Waals surface area (Å²) in [5.74, 6) is -1.16. The van der Waals surface area contributed by atoms with E-state index in [-0.39, 0.29) is 42.5 Å². The molecule has 2 heterocycles. The summed E-state index contributed by atoms with van der Waals surface area (Å²) in [6.07, 6.45) is 1.10. The molecular weight excluding hydrogens is 332 g/mol. The van der Waals surface area contributed by atoms with Gasteiger partial charge in [0.1, 0.15) is 18.0 Å². The summed E-state index contributed by atoms with van der Waals surface area (Å²) in [5.41, 5.74) is 0.957. The first-order chi connectivity index (χ1) is 12.0. The number of carbonyl (C=O) groups is 3. The molecule has 2 aliphatic heterocycles. The largest absolute Gasteiger partial charge is 0.493 e. The first-order valence-corrected chi connectivity index (χ1v) is 7.42. The lowest BCUT2D eigenvalue weighted by Crippen LogP contribution is -2.34. The zero-order valence-electron chi connectivity index (χ0n) is 13.6. The van der Waals surface area contributed by atoms with Crippen LogP contribution in [0.3, 0.4) is 0 Å². The number of cyclic esters (lactones) is 1. The number of esters is 1. The van der Waals surface area contributed by atoms with Gasteiger partial charge in [0.05, 0.1) is 32.9 Å². The number of fused-ring (bicyclic) bond motifs is 1. The maximum atomic E-state index is 12.3. The molecule has 1 aromatic rings. The highest BCUT2D eigenvalue weighted by Crippen LogP contribution is 2.43. The number of aliphatic hydroxyl groups excluding tert-OH is 1. The number of anilines is 1. The van der Waals surface area contributed by atoms with Gasteiger partial charge >= 0.3 is 5.97 Å². The molecule has 0 saturated heterocycles. The van der Waals surface area contributed by atoms with Gasteiger partial charge in [-0.2, -0.15) is 0 Å². The van der Waals surface area contributed by atoms with Crippen molar-refractivity contribution in [2.75, 3.05) is 32.7 Å². The van der Waals surface area contributed by atoms with E-state index in [1.54, 1.807) is 6.07 Å². The number of hydrogen-bond acceptors (Lipinski definition) is 8. The zero-order chi connectivity index (χ0) is 18.1. The highest BCUT2D eigenvalue weighted by molar-refractivity contribution is 6.18. The topological polar surface area (TPSA) is 114 Å². The molecule has 2 N–H and O–H groups in total. The van der Waals surface area contributed by atoms with Crippen molar-refractivity contribution in [3.05, 3.63) is 29.0 Å². The van der Waals surface area contributed by atoms with Crippen molar-refractivity contribution < 1.29 is 33.7 Å². The van der Waals surface area contributed by atoms with Gasteiger partial charge in [-0.25, -0.2) is 4.79 Å². The average molecular weight is 348 g/mol. The Bertz CT molecular complexity index is 800. The van der Waals surface area contributed by atoms with Gasteiger partial charge in [-0.05, 0) is 6.07 Å². The number of methoxy groups -OCH3 is 2.